The normalized spacial score (nSPS) is 10.7. The molecule has 1 aromatic carbocycles. The van der Waals surface area contributed by atoms with Gasteiger partial charge in [0.25, 0.3) is 0 Å². The average Bonchev–Trinajstić information content (AvgIpc) is 3.13. The van der Waals surface area contributed by atoms with Gasteiger partial charge in [-0.15, -0.1) is 11.3 Å². The highest BCUT2D eigenvalue weighted by Gasteiger charge is 2.00. The van der Waals surface area contributed by atoms with Crippen molar-refractivity contribution in [2.75, 3.05) is 0 Å². The number of thiazole rings is 1. The quantitative estimate of drug-likeness (QED) is 0.761. The third kappa shape index (κ3) is 3.29. The van der Waals surface area contributed by atoms with Crippen molar-refractivity contribution in [3.63, 3.8) is 0 Å². The van der Waals surface area contributed by atoms with Gasteiger partial charge in [0.15, 0.2) is 0 Å². The van der Waals surface area contributed by atoms with Crippen molar-refractivity contribution in [1.29, 1.82) is 0 Å². The van der Waals surface area contributed by atoms with Crippen LogP contribution in [0.3, 0.4) is 0 Å². The molecule has 0 bridgehead atoms. The maximum absolute atomic E-state index is 4.32. The molecule has 0 unspecified atom stereocenters. The minimum atomic E-state index is 0.897. The molecule has 2 aromatic heterocycles. The Labute approximate surface area is 120 Å². The number of rotatable bonds is 5. The van der Waals surface area contributed by atoms with Gasteiger partial charge in [-0.1, -0.05) is 24.3 Å². The molecule has 0 amide bonds. The van der Waals surface area contributed by atoms with Crippen LogP contribution in [0.15, 0.2) is 52.7 Å². The van der Waals surface area contributed by atoms with Crippen LogP contribution in [0.1, 0.15) is 11.1 Å². The van der Waals surface area contributed by atoms with Crippen LogP contribution in [0.4, 0.5) is 0 Å². The highest BCUT2D eigenvalue weighted by Crippen LogP contribution is 2.21. The molecule has 0 atom stereocenters. The van der Waals surface area contributed by atoms with Crippen LogP contribution in [0.2, 0.25) is 0 Å². The molecule has 3 rings (SSSR count). The van der Waals surface area contributed by atoms with E-state index < -0.39 is 0 Å². The minimum Gasteiger partial charge on any atom is -0.309 e. The lowest BCUT2D eigenvalue weighted by Crippen LogP contribution is -2.11. The van der Waals surface area contributed by atoms with Gasteiger partial charge in [-0.25, -0.2) is 4.98 Å². The minimum absolute atomic E-state index is 0.897. The number of thiophene rings is 1. The van der Waals surface area contributed by atoms with E-state index in [1.807, 2.05) is 11.6 Å². The maximum atomic E-state index is 4.32. The molecule has 0 saturated heterocycles. The van der Waals surface area contributed by atoms with Crippen LogP contribution in [-0.4, -0.2) is 4.98 Å². The van der Waals surface area contributed by atoms with E-state index in [-0.39, 0.29) is 0 Å². The second-order valence-electron chi connectivity index (χ2n) is 4.27. The molecule has 1 N–H and O–H groups in total. The Morgan fingerprint density at radius 1 is 0.947 bits per heavy atom. The first-order valence-electron chi connectivity index (χ1n) is 6.12. The first kappa shape index (κ1) is 12.5. The standard InChI is InChI=1S/C15H14N2S2/c1-3-14(15-17-6-8-19-15)4-2-12(1)9-16-10-13-5-7-18-11-13/h1-8,11,16H,9-10H2. The molecule has 0 aliphatic heterocycles. The number of aromatic nitrogens is 1. The molecule has 0 saturated carbocycles. The second kappa shape index (κ2) is 6.10. The van der Waals surface area contributed by atoms with Gasteiger partial charge in [-0.3, -0.25) is 0 Å². The van der Waals surface area contributed by atoms with E-state index >= 15 is 0 Å². The van der Waals surface area contributed by atoms with Crippen molar-refractivity contribution < 1.29 is 0 Å². The lowest BCUT2D eigenvalue weighted by Gasteiger charge is -2.04. The topological polar surface area (TPSA) is 24.9 Å². The Morgan fingerprint density at radius 2 is 1.79 bits per heavy atom. The fourth-order valence-electron chi connectivity index (χ4n) is 1.88. The van der Waals surface area contributed by atoms with Crippen LogP contribution < -0.4 is 5.32 Å². The van der Waals surface area contributed by atoms with Gasteiger partial charge in [0.1, 0.15) is 5.01 Å². The van der Waals surface area contributed by atoms with E-state index in [0.29, 0.717) is 0 Å². The Bertz CT molecular complexity index is 598. The van der Waals surface area contributed by atoms with Crippen LogP contribution in [0.5, 0.6) is 0 Å². The van der Waals surface area contributed by atoms with Gasteiger partial charge in [0.2, 0.25) is 0 Å². The second-order valence-corrected chi connectivity index (χ2v) is 5.94. The van der Waals surface area contributed by atoms with Gasteiger partial charge in [-0.2, -0.15) is 11.3 Å². The van der Waals surface area contributed by atoms with E-state index in [1.54, 1.807) is 22.7 Å². The summed E-state index contributed by atoms with van der Waals surface area (Å²) >= 11 is 3.41. The Morgan fingerprint density at radius 3 is 2.47 bits per heavy atom. The molecule has 4 heteroatoms. The van der Waals surface area contributed by atoms with Crippen LogP contribution in [0.25, 0.3) is 10.6 Å². The molecule has 0 spiro atoms. The highest BCUT2D eigenvalue weighted by atomic mass is 32.1. The third-order valence-corrected chi connectivity index (χ3v) is 4.43. The summed E-state index contributed by atoms with van der Waals surface area (Å²) in [6, 6.07) is 10.8. The molecule has 96 valence electrons. The number of hydrogen-bond donors (Lipinski definition) is 1. The number of benzene rings is 1. The highest BCUT2D eigenvalue weighted by molar-refractivity contribution is 7.13. The summed E-state index contributed by atoms with van der Waals surface area (Å²) in [6.45, 7) is 1.83. The number of nitrogens with one attached hydrogen (secondary N) is 1. The van der Waals surface area contributed by atoms with Crippen LogP contribution >= 0.6 is 22.7 Å². The van der Waals surface area contributed by atoms with Crippen molar-refractivity contribution in [3.05, 3.63) is 63.8 Å². The van der Waals surface area contributed by atoms with Crippen LogP contribution in [0, 0.1) is 0 Å². The lowest BCUT2D eigenvalue weighted by atomic mass is 10.1. The van der Waals surface area contributed by atoms with Crippen molar-refractivity contribution in [2.45, 2.75) is 13.1 Å². The van der Waals surface area contributed by atoms with Gasteiger partial charge >= 0.3 is 0 Å². The summed E-state index contributed by atoms with van der Waals surface area (Å²) < 4.78 is 0. The number of hydrogen-bond acceptors (Lipinski definition) is 4. The summed E-state index contributed by atoms with van der Waals surface area (Å²) in [5, 5.41) is 10.8. The molecule has 0 aliphatic rings. The first-order chi connectivity index (χ1) is 9.42. The van der Waals surface area contributed by atoms with Crippen molar-refractivity contribution in [3.8, 4) is 10.6 Å². The molecule has 0 fully saturated rings. The molecule has 19 heavy (non-hydrogen) atoms. The first-order valence-corrected chi connectivity index (χ1v) is 7.95. The zero-order valence-corrected chi connectivity index (χ0v) is 12.0. The molecule has 2 nitrogen and oxygen atoms in total. The predicted octanol–water partition coefficient (Wildman–Crippen LogP) is 4.16. The largest absolute Gasteiger partial charge is 0.309 e. The van der Waals surface area contributed by atoms with E-state index in [9.17, 15) is 0 Å². The summed E-state index contributed by atoms with van der Waals surface area (Å²) in [4.78, 5) is 4.32. The fraction of sp³-hybridized carbons (Fsp3) is 0.133. The van der Waals surface area contributed by atoms with E-state index in [4.69, 9.17) is 0 Å². The van der Waals surface area contributed by atoms with Crippen molar-refractivity contribution in [1.82, 2.24) is 10.3 Å². The van der Waals surface area contributed by atoms with Gasteiger partial charge < -0.3 is 5.32 Å². The molecular formula is C15H14N2S2. The molecular weight excluding hydrogens is 272 g/mol. The number of nitrogens with zero attached hydrogens (tertiary/aromatic N) is 1. The molecule has 0 aliphatic carbocycles. The average molecular weight is 286 g/mol. The third-order valence-electron chi connectivity index (χ3n) is 2.87. The fourth-order valence-corrected chi connectivity index (χ4v) is 3.19. The molecule has 2 heterocycles. The van der Waals surface area contributed by atoms with E-state index in [0.717, 1.165) is 18.1 Å². The lowest BCUT2D eigenvalue weighted by molar-refractivity contribution is 0.695. The van der Waals surface area contributed by atoms with E-state index in [1.165, 1.54) is 16.7 Å². The van der Waals surface area contributed by atoms with Gasteiger partial charge in [-0.05, 0) is 28.0 Å². The Kier molecular flexibility index (Phi) is 4.03. The van der Waals surface area contributed by atoms with E-state index in [2.05, 4.69) is 51.4 Å². The Hall–Kier alpha value is -1.49. The monoisotopic (exact) mass is 286 g/mol. The summed E-state index contributed by atoms with van der Waals surface area (Å²) in [5.74, 6) is 0. The smallest absolute Gasteiger partial charge is 0.123 e. The van der Waals surface area contributed by atoms with Crippen molar-refractivity contribution >= 4 is 22.7 Å². The van der Waals surface area contributed by atoms with Crippen molar-refractivity contribution in [2.24, 2.45) is 0 Å². The molecule has 0 radical (unpaired) electrons. The summed E-state index contributed by atoms with van der Waals surface area (Å²) in [6.07, 6.45) is 1.84. The molecule has 3 aromatic rings. The zero-order valence-electron chi connectivity index (χ0n) is 10.4. The van der Waals surface area contributed by atoms with Gasteiger partial charge in [0.05, 0.1) is 0 Å². The predicted molar refractivity (Wildman–Crippen MR) is 82.4 cm³/mol. The van der Waals surface area contributed by atoms with Crippen LogP contribution in [-0.2, 0) is 13.1 Å². The maximum Gasteiger partial charge on any atom is 0.123 e. The SMILES string of the molecule is c1csc(-c2ccc(CNCc3ccsc3)cc2)n1. The zero-order chi connectivity index (χ0) is 12.9. The summed E-state index contributed by atoms with van der Waals surface area (Å²) in [7, 11) is 0. The summed E-state index contributed by atoms with van der Waals surface area (Å²) in [5.41, 5.74) is 3.84. The van der Waals surface area contributed by atoms with Gasteiger partial charge in [0, 0.05) is 30.2 Å². The Balaban J connectivity index is 1.57.